The Balaban J connectivity index is 1.68. The number of hydrogen-bond acceptors (Lipinski definition) is 6. The van der Waals surface area contributed by atoms with Gasteiger partial charge in [-0.1, -0.05) is 66.4 Å². The number of benzene rings is 2. The van der Waals surface area contributed by atoms with E-state index < -0.39 is 11.9 Å². The van der Waals surface area contributed by atoms with E-state index in [4.69, 9.17) is 12.2 Å². The summed E-state index contributed by atoms with van der Waals surface area (Å²) in [6, 6.07) is 15.0. The van der Waals surface area contributed by atoms with Gasteiger partial charge in [-0.2, -0.15) is 0 Å². The first-order chi connectivity index (χ1) is 12.9. The molecule has 1 aliphatic heterocycles. The van der Waals surface area contributed by atoms with Crippen molar-refractivity contribution in [1.29, 1.82) is 0 Å². The first-order valence-corrected chi connectivity index (χ1v) is 9.08. The van der Waals surface area contributed by atoms with Crippen LogP contribution in [0.3, 0.4) is 0 Å². The van der Waals surface area contributed by atoms with Crippen LogP contribution in [-0.2, 0) is 9.59 Å². The van der Waals surface area contributed by atoms with E-state index in [1.54, 1.807) is 12.1 Å². The summed E-state index contributed by atoms with van der Waals surface area (Å²) in [6.07, 6.45) is 1.72. The summed E-state index contributed by atoms with van der Waals surface area (Å²) in [5, 5.41) is 13.4. The van der Waals surface area contributed by atoms with Crippen molar-refractivity contribution in [2.45, 2.75) is 0 Å². The highest BCUT2D eigenvalue weighted by Crippen LogP contribution is 2.32. The fourth-order valence-corrected chi connectivity index (χ4v) is 3.66. The Bertz CT molecular complexity index is 957. The minimum Gasteiger partial charge on any atom is -0.545 e. The van der Waals surface area contributed by atoms with Crippen LogP contribution >= 0.6 is 24.0 Å². The number of carbonyl (C=O) groups excluding carboxylic acids is 3. The zero-order valence-electron chi connectivity index (χ0n) is 13.9. The first-order valence-electron chi connectivity index (χ1n) is 7.86. The highest BCUT2D eigenvalue weighted by atomic mass is 32.2. The topological polar surface area (TPSA) is 89.5 Å². The highest BCUT2D eigenvalue weighted by molar-refractivity contribution is 8.26. The average Bonchev–Trinajstić information content (AvgIpc) is 2.90. The van der Waals surface area contributed by atoms with Crippen molar-refractivity contribution in [3.8, 4) is 0 Å². The third-order valence-corrected chi connectivity index (χ3v) is 5.03. The molecule has 2 amide bonds. The van der Waals surface area contributed by atoms with Crippen LogP contribution in [-0.4, -0.2) is 33.5 Å². The van der Waals surface area contributed by atoms with Crippen molar-refractivity contribution < 1.29 is 19.5 Å². The number of anilines is 1. The second-order valence-electron chi connectivity index (χ2n) is 5.59. The van der Waals surface area contributed by atoms with Gasteiger partial charge in [0.1, 0.15) is 10.9 Å². The zero-order chi connectivity index (χ0) is 19.4. The summed E-state index contributed by atoms with van der Waals surface area (Å²) in [5.74, 6) is -2.16. The predicted octanol–water partition coefficient (Wildman–Crippen LogP) is 1.89. The molecule has 3 rings (SSSR count). The van der Waals surface area contributed by atoms with Crippen molar-refractivity contribution in [2.75, 3.05) is 11.9 Å². The molecule has 27 heavy (non-hydrogen) atoms. The standard InChI is InChI=1S/C19H14N2O4S2/c22-16(20-14-8-4-7-13(10-14)18(24)25)11-21-17(23)15(27-19(21)26)9-12-5-2-1-3-6-12/h1-10H,11H2,(H,20,22)(H,24,25)/p-1/b15-9+. The van der Waals surface area contributed by atoms with Crippen molar-refractivity contribution >= 4 is 57.8 Å². The second kappa shape index (κ2) is 8.15. The van der Waals surface area contributed by atoms with Gasteiger partial charge in [-0.25, -0.2) is 0 Å². The van der Waals surface area contributed by atoms with Crippen molar-refractivity contribution in [3.63, 3.8) is 0 Å². The van der Waals surface area contributed by atoms with Gasteiger partial charge in [-0.05, 0) is 29.3 Å². The smallest absolute Gasteiger partial charge is 0.266 e. The van der Waals surface area contributed by atoms with Crippen LogP contribution in [0.5, 0.6) is 0 Å². The molecular weight excluding hydrogens is 384 g/mol. The average molecular weight is 397 g/mol. The molecule has 1 N–H and O–H groups in total. The summed E-state index contributed by atoms with van der Waals surface area (Å²) in [7, 11) is 0. The number of thioether (sulfide) groups is 1. The quantitative estimate of drug-likeness (QED) is 0.612. The Morgan fingerprint density at radius 3 is 2.59 bits per heavy atom. The maximum Gasteiger partial charge on any atom is 0.266 e. The van der Waals surface area contributed by atoms with Crippen molar-refractivity contribution in [2.24, 2.45) is 0 Å². The third kappa shape index (κ3) is 4.60. The number of thiocarbonyl (C=S) groups is 1. The Morgan fingerprint density at radius 2 is 1.89 bits per heavy atom. The number of hydrogen-bond donors (Lipinski definition) is 1. The van der Waals surface area contributed by atoms with Gasteiger partial charge in [0.2, 0.25) is 5.91 Å². The Kier molecular flexibility index (Phi) is 5.68. The largest absolute Gasteiger partial charge is 0.545 e. The summed E-state index contributed by atoms with van der Waals surface area (Å²) in [4.78, 5) is 37.3. The molecule has 0 unspecified atom stereocenters. The van der Waals surface area contributed by atoms with E-state index in [1.807, 2.05) is 30.3 Å². The van der Waals surface area contributed by atoms with Gasteiger partial charge in [-0.15, -0.1) is 0 Å². The number of rotatable bonds is 5. The number of carboxylic acids is 1. The molecule has 2 aromatic carbocycles. The first kappa shape index (κ1) is 18.8. The van der Waals surface area contributed by atoms with E-state index in [9.17, 15) is 19.5 Å². The van der Waals surface area contributed by atoms with Crippen LogP contribution in [0.15, 0.2) is 59.5 Å². The number of carbonyl (C=O) groups is 3. The molecule has 6 nitrogen and oxygen atoms in total. The van der Waals surface area contributed by atoms with Gasteiger partial charge in [-0.3, -0.25) is 14.5 Å². The van der Waals surface area contributed by atoms with Gasteiger partial charge in [0, 0.05) is 5.69 Å². The van der Waals surface area contributed by atoms with E-state index in [0.717, 1.165) is 17.3 Å². The molecule has 2 aromatic rings. The van der Waals surface area contributed by atoms with Crippen molar-refractivity contribution in [1.82, 2.24) is 4.90 Å². The van der Waals surface area contributed by atoms with E-state index in [0.29, 0.717) is 14.9 Å². The molecule has 0 atom stereocenters. The van der Waals surface area contributed by atoms with Gasteiger partial charge >= 0.3 is 0 Å². The van der Waals surface area contributed by atoms with E-state index in [2.05, 4.69) is 5.32 Å². The van der Waals surface area contributed by atoms with Crippen LogP contribution in [0.2, 0.25) is 0 Å². The van der Waals surface area contributed by atoms with Gasteiger partial charge in [0.05, 0.1) is 10.9 Å². The van der Waals surface area contributed by atoms with Crippen LogP contribution in [0.1, 0.15) is 15.9 Å². The highest BCUT2D eigenvalue weighted by Gasteiger charge is 2.33. The monoisotopic (exact) mass is 397 g/mol. The van der Waals surface area contributed by atoms with E-state index in [1.165, 1.54) is 23.1 Å². The number of amides is 2. The predicted molar refractivity (Wildman–Crippen MR) is 106 cm³/mol. The molecule has 1 aliphatic rings. The zero-order valence-corrected chi connectivity index (χ0v) is 15.5. The molecule has 8 heteroatoms. The second-order valence-corrected chi connectivity index (χ2v) is 7.27. The molecule has 0 aliphatic carbocycles. The number of aromatic carboxylic acids is 1. The molecule has 1 fully saturated rings. The van der Waals surface area contributed by atoms with Crippen LogP contribution in [0.25, 0.3) is 6.08 Å². The molecule has 1 heterocycles. The van der Waals surface area contributed by atoms with Crippen LogP contribution < -0.4 is 10.4 Å². The minimum atomic E-state index is -1.34. The van der Waals surface area contributed by atoms with Gasteiger partial charge < -0.3 is 15.2 Å². The Morgan fingerprint density at radius 1 is 1.15 bits per heavy atom. The number of carboxylic acid groups (broad SMARTS) is 1. The van der Waals surface area contributed by atoms with Gasteiger partial charge in [0.25, 0.3) is 5.91 Å². The fraction of sp³-hybridized carbons (Fsp3) is 0.0526. The van der Waals surface area contributed by atoms with Crippen molar-refractivity contribution in [3.05, 3.63) is 70.6 Å². The van der Waals surface area contributed by atoms with E-state index in [-0.39, 0.29) is 18.0 Å². The lowest BCUT2D eigenvalue weighted by molar-refractivity contribution is -0.255. The molecule has 0 aromatic heterocycles. The maximum absolute atomic E-state index is 12.5. The van der Waals surface area contributed by atoms with E-state index >= 15 is 0 Å². The molecular formula is C19H13N2O4S2-. The molecule has 0 saturated carbocycles. The maximum atomic E-state index is 12.5. The Labute approximate surface area is 164 Å². The third-order valence-electron chi connectivity index (χ3n) is 3.65. The molecule has 136 valence electrons. The summed E-state index contributed by atoms with van der Waals surface area (Å²) >= 11 is 6.34. The number of nitrogens with one attached hydrogen (secondary N) is 1. The summed E-state index contributed by atoms with van der Waals surface area (Å²) < 4.78 is 0.292. The van der Waals surface area contributed by atoms with Crippen LogP contribution in [0.4, 0.5) is 5.69 Å². The summed E-state index contributed by atoms with van der Waals surface area (Å²) in [6.45, 7) is -0.258. The Hall–Kier alpha value is -2.97. The SMILES string of the molecule is O=C(CN1C(=O)/C(=C\c2ccccc2)SC1=S)Nc1cccc(C(=O)[O-])c1. The number of nitrogens with zero attached hydrogens (tertiary/aromatic N) is 1. The molecule has 0 radical (unpaired) electrons. The minimum absolute atomic E-state index is 0.0517. The lowest BCUT2D eigenvalue weighted by atomic mass is 10.2. The molecule has 0 spiro atoms. The lowest BCUT2D eigenvalue weighted by Gasteiger charge is -2.14. The normalized spacial score (nSPS) is 15.3. The molecule has 1 saturated heterocycles. The summed E-state index contributed by atoms with van der Waals surface area (Å²) in [5.41, 5.74) is 1.11. The fourth-order valence-electron chi connectivity index (χ4n) is 2.40. The lowest BCUT2D eigenvalue weighted by Crippen LogP contribution is -2.36. The molecule has 0 bridgehead atoms. The van der Waals surface area contributed by atoms with Gasteiger partial charge in [0.15, 0.2) is 0 Å². The van der Waals surface area contributed by atoms with Crippen LogP contribution in [0, 0.1) is 0 Å².